The second-order valence-corrected chi connectivity index (χ2v) is 8.97. The van der Waals surface area contributed by atoms with Crippen LogP contribution in [-0.2, 0) is 12.8 Å². The lowest BCUT2D eigenvalue weighted by atomic mass is 9.80. The molecule has 3 aromatic rings. The van der Waals surface area contributed by atoms with Crippen molar-refractivity contribution < 1.29 is 14.7 Å². The lowest BCUT2D eigenvalue weighted by molar-refractivity contribution is 0.0697. The zero-order chi connectivity index (χ0) is 19.7. The zero-order valence-electron chi connectivity index (χ0n) is 15.1. The van der Waals surface area contributed by atoms with Gasteiger partial charge < -0.3 is 10.4 Å². The summed E-state index contributed by atoms with van der Waals surface area (Å²) in [6.07, 6.45) is 2.66. The van der Waals surface area contributed by atoms with Crippen LogP contribution in [0.1, 0.15) is 49.7 Å². The first-order chi connectivity index (χ1) is 13.5. The number of amides is 1. The molecule has 142 valence electrons. The first-order valence-electron chi connectivity index (χ1n) is 9.13. The van der Waals surface area contributed by atoms with Crippen molar-refractivity contribution in [2.24, 2.45) is 0 Å². The first kappa shape index (κ1) is 18.9. The van der Waals surface area contributed by atoms with Gasteiger partial charge in [0.25, 0.3) is 5.91 Å². The van der Waals surface area contributed by atoms with Crippen molar-refractivity contribution in [3.05, 3.63) is 82.4 Å². The fourth-order valence-electron chi connectivity index (χ4n) is 3.88. The molecule has 0 saturated heterocycles. The molecule has 0 bridgehead atoms. The van der Waals surface area contributed by atoms with E-state index in [-0.39, 0.29) is 17.4 Å². The summed E-state index contributed by atoms with van der Waals surface area (Å²) in [7, 11) is 2.67. The van der Waals surface area contributed by atoms with Crippen LogP contribution < -0.4 is 9.94 Å². The lowest BCUT2D eigenvalue weighted by Gasteiger charge is -2.25. The van der Waals surface area contributed by atoms with Gasteiger partial charge >= 0.3 is 5.97 Å². The second kappa shape index (κ2) is 7.86. The van der Waals surface area contributed by atoms with Crippen LogP contribution >= 0.6 is 20.6 Å². The minimum atomic E-state index is -0.998. The van der Waals surface area contributed by atoms with Gasteiger partial charge in [-0.1, -0.05) is 51.7 Å². The summed E-state index contributed by atoms with van der Waals surface area (Å²) in [6.45, 7) is 0. The van der Waals surface area contributed by atoms with E-state index in [0.29, 0.717) is 10.6 Å². The molecule has 1 aliphatic carbocycles. The average Bonchev–Trinajstić information content (AvgIpc) is 3.04. The highest BCUT2D eigenvalue weighted by Crippen LogP contribution is 2.39. The van der Waals surface area contributed by atoms with Gasteiger partial charge in [-0.2, -0.15) is 0 Å². The van der Waals surface area contributed by atoms with Crippen LogP contribution in [0.25, 0.3) is 0 Å². The van der Waals surface area contributed by atoms with Gasteiger partial charge in [-0.05, 0) is 54.0 Å². The number of thiophene rings is 1. The molecular weight excluding hydrogens is 389 g/mol. The predicted octanol–water partition coefficient (Wildman–Crippen LogP) is 4.47. The lowest BCUT2D eigenvalue weighted by Crippen LogP contribution is -2.19. The number of anilines is 1. The molecule has 2 atom stereocenters. The summed E-state index contributed by atoms with van der Waals surface area (Å²) in [5.74, 6) is -1.16. The first-order valence-corrected chi connectivity index (χ1v) is 10.5. The van der Waals surface area contributed by atoms with Crippen LogP contribution in [0, 0.1) is 0 Å². The maximum atomic E-state index is 12.5. The van der Waals surface area contributed by atoms with E-state index in [4.69, 9.17) is 0 Å². The number of carboxylic acid groups (broad SMARTS) is 1. The molecule has 0 radical (unpaired) electrons. The Hall–Kier alpha value is -2.49. The smallest absolute Gasteiger partial charge is 0.339 e. The number of rotatable bonds is 4. The molecular formula is C22H20NO3PS. The Bertz CT molecular complexity index is 1050. The molecule has 0 fully saturated rings. The Morgan fingerprint density at radius 3 is 2.43 bits per heavy atom. The van der Waals surface area contributed by atoms with E-state index in [9.17, 15) is 14.7 Å². The van der Waals surface area contributed by atoms with Crippen LogP contribution in [-0.4, -0.2) is 17.0 Å². The molecule has 4 rings (SSSR count). The van der Waals surface area contributed by atoms with Crippen LogP contribution in [0.3, 0.4) is 0 Å². The predicted molar refractivity (Wildman–Crippen MR) is 116 cm³/mol. The van der Waals surface area contributed by atoms with E-state index in [2.05, 4.69) is 26.7 Å². The largest absolute Gasteiger partial charge is 0.478 e. The van der Waals surface area contributed by atoms with Gasteiger partial charge in [0.15, 0.2) is 0 Å². The molecule has 28 heavy (non-hydrogen) atoms. The van der Waals surface area contributed by atoms with Crippen molar-refractivity contribution in [2.45, 2.75) is 25.2 Å². The van der Waals surface area contributed by atoms with E-state index >= 15 is 0 Å². The Morgan fingerprint density at radius 2 is 1.71 bits per heavy atom. The number of aryl methyl sites for hydroxylation is 1. The summed E-state index contributed by atoms with van der Waals surface area (Å²) in [6, 6.07) is 17.2. The van der Waals surface area contributed by atoms with E-state index in [1.807, 2.05) is 18.2 Å². The maximum Gasteiger partial charge on any atom is 0.339 e. The summed E-state index contributed by atoms with van der Waals surface area (Å²) in [5, 5.41) is 13.1. The van der Waals surface area contributed by atoms with E-state index in [0.717, 1.165) is 29.4 Å². The van der Waals surface area contributed by atoms with Gasteiger partial charge in [0.1, 0.15) is 5.00 Å². The van der Waals surface area contributed by atoms with Crippen LogP contribution in [0.5, 0.6) is 0 Å². The van der Waals surface area contributed by atoms with Crippen molar-refractivity contribution in [3.8, 4) is 0 Å². The van der Waals surface area contributed by atoms with Crippen molar-refractivity contribution in [1.29, 1.82) is 0 Å². The minimum Gasteiger partial charge on any atom is -0.478 e. The monoisotopic (exact) mass is 409 g/mol. The van der Waals surface area contributed by atoms with Crippen LogP contribution in [0.4, 0.5) is 5.00 Å². The number of carboxylic acids is 1. The topological polar surface area (TPSA) is 66.4 Å². The third-order valence-corrected chi connectivity index (χ3v) is 6.82. The molecule has 0 aliphatic heterocycles. The Labute approximate surface area is 169 Å². The molecule has 1 heterocycles. The molecule has 0 spiro atoms. The Kier molecular flexibility index (Phi) is 5.29. The van der Waals surface area contributed by atoms with Gasteiger partial charge in [0, 0.05) is 10.2 Å². The fraction of sp³-hybridized carbons (Fsp3) is 0.182. The van der Waals surface area contributed by atoms with E-state index in [1.54, 1.807) is 24.3 Å². The number of hydrogen-bond donors (Lipinski definition) is 2. The van der Waals surface area contributed by atoms with Gasteiger partial charge in [-0.15, -0.1) is 11.3 Å². The minimum absolute atomic E-state index is 0.132. The number of carbonyl (C=O) groups is 2. The number of benzene rings is 2. The van der Waals surface area contributed by atoms with Crippen molar-refractivity contribution >= 4 is 42.1 Å². The van der Waals surface area contributed by atoms with Gasteiger partial charge in [0.05, 0.1) is 5.56 Å². The molecule has 6 heteroatoms. The molecule has 1 amide bonds. The average molecular weight is 409 g/mol. The second-order valence-electron chi connectivity index (χ2n) is 6.92. The maximum absolute atomic E-state index is 12.5. The SMILES string of the molecule is O=C(Nc1sc(P)c(C2CCc3ccccc3C2)c1C(=O)O)c1ccccc1. The molecule has 1 aromatic heterocycles. The quantitative estimate of drug-likeness (QED) is 0.625. The number of carbonyl (C=O) groups excluding carboxylic acids is 1. The van der Waals surface area contributed by atoms with Crippen LogP contribution in [0.15, 0.2) is 54.6 Å². The number of aromatic carboxylic acids is 1. The highest BCUT2D eigenvalue weighted by atomic mass is 32.1. The summed E-state index contributed by atoms with van der Waals surface area (Å²) < 4.78 is 0.880. The molecule has 1 aliphatic rings. The Balaban J connectivity index is 1.68. The van der Waals surface area contributed by atoms with Gasteiger partial charge in [-0.25, -0.2) is 4.79 Å². The summed E-state index contributed by atoms with van der Waals surface area (Å²) in [5.41, 5.74) is 4.18. The van der Waals surface area contributed by atoms with Crippen molar-refractivity contribution in [3.63, 3.8) is 0 Å². The fourth-order valence-corrected chi connectivity index (χ4v) is 5.65. The Morgan fingerprint density at radius 1 is 1.04 bits per heavy atom. The molecule has 2 unspecified atom stereocenters. The summed E-state index contributed by atoms with van der Waals surface area (Å²) >= 11 is 1.32. The molecule has 0 saturated carbocycles. The van der Waals surface area contributed by atoms with E-state index in [1.165, 1.54) is 22.5 Å². The standard InChI is InChI=1S/C22H20NO3PS/c24-19(14-7-2-1-3-8-14)23-20-18(21(25)26)17(22(27)28-20)16-11-10-13-6-4-5-9-15(13)12-16/h1-9,16H,10-12,27H2,(H,23,24)(H,25,26). The molecule has 2 N–H and O–H groups in total. The third-order valence-electron chi connectivity index (χ3n) is 5.21. The third kappa shape index (κ3) is 3.60. The van der Waals surface area contributed by atoms with Gasteiger partial charge in [-0.3, -0.25) is 4.79 Å². The summed E-state index contributed by atoms with van der Waals surface area (Å²) in [4.78, 5) is 24.7. The normalized spacial score (nSPS) is 15.7. The van der Waals surface area contributed by atoms with Crippen LogP contribution in [0.2, 0.25) is 0 Å². The number of fused-ring (bicyclic) bond motifs is 1. The molecule has 2 aromatic carbocycles. The number of hydrogen-bond acceptors (Lipinski definition) is 3. The highest BCUT2D eigenvalue weighted by molar-refractivity contribution is 7.45. The zero-order valence-corrected chi connectivity index (χ0v) is 17.1. The van der Waals surface area contributed by atoms with Crippen molar-refractivity contribution in [1.82, 2.24) is 0 Å². The van der Waals surface area contributed by atoms with Gasteiger partial charge in [0.2, 0.25) is 0 Å². The number of nitrogens with one attached hydrogen (secondary N) is 1. The van der Waals surface area contributed by atoms with E-state index < -0.39 is 5.97 Å². The molecule has 4 nitrogen and oxygen atoms in total. The highest BCUT2D eigenvalue weighted by Gasteiger charge is 2.30. The van der Waals surface area contributed by atoms with Crippen molar-refractivity contribution in [2.75, 3.05) is 5.32 Å².